The molecule has 3 aliphatic heterocycles. The fourth-order valence-corrected chi connectivity index (χ4v) is 3.58. The van der Waals surface area contributed by atoms with E-state index in [1.54, 1.807) is 0 Å². The number of imide groups is 1. The molecule has 3 saturated heterocycles. The maximum Gasteiger partial charge on any atom is 0.259 e. The van der Waals surface area contributed by atoms with Crippen molar-refractivity contribution in [2.75, 3.05) is 0 Å². The quantitative estimate of drug-likeness (QED) is 0.502. The molecule has 2 amide bonds. The predicted octanol–water partition coefficient (Wildman–Crippen LogP) is 0.810. The van der Waals surface area contributed by atoms with Crippen molar-refractivity contribution < 1.29 is 19.5 Å². The Balaban J connectivity index is 1.94. The van der Waals surface area contributed by atoms with Gasteiger partial charge in [0.25, 0.3) is 11.8 Å². The highest BCUT2D eigenvalue weighted by Crippen LogP contribution is 2.55. The van der Waals surface area contributed by atoms with Crippen molar-refractivity contribution >= 4 is 11.8 Å². The van der Waals surface area contributed by atoms with Crippen LogP contribution in [0.15, 0.2) is 0 Å². The lowest BCUT2D eigenvalue weighted by molar-refractivity contribution is -0.176. The summed E-state index contributed by atoms with van der Waals surface area (Å²) < 4.78 is 5.79. The molecule has 0 radical (unpaired) electrons. The molecule has 94 valence electrons. The van der Waals surface area contributed by atoms with Crippen LogP contribution in [0.2, 0.25) is 0 Å². The molecule has 3 fully saturated rings. The number of rotatable bonds is 0. The number of hydroxylamine groups is 2. The van der Waals surface area contributed by atoms with Crippen LogP contribution in [0.4, 0.5) is 0 Å². The van der Waals surface area contributed by atoms with Gasteiger partial charge in [0.15, 0.2) is 0 Å². The minimum atomic E-state index is -0.486. The van der Waals surface area contributed by atoms with Crippen molar-refractivity contribution in [3.8, 4) is 0 Å². The molecule has 1 N–H and O–H groups in total. The summed E-state index contributed by atoms with van der Waals surface area (Å²) >= 11 is 0. The van der Waals surface area contributed by atoms with E-state index in [-0.39, 0.29) is 23.5 Å². The number of hydrogen-bond acceptors (Lipinski definition) is 4. The van der Waals surface area contributed by atoms with Crippen molar-refractivity contribution in [2.45, 2.75) is 39.4 Å². The lowest BCUT2D eigenvalue weighted by Gasteiger charge is -2.34. The van der Waals surface area contributed by atoms with Gasteiger partial charge < -0.3 is 4.74 Å². The first-order valence-electron chi connectivity index (χ1n) is 6.04. The molecule has 2 bridgehead atoms. The molecule has 5 unspecified atom stereocenters. The van der Waals surface area contributed by atoms with Crippen LogP contribution in [-0.4, -0.2) is 34.3 Å². The van der Waals surface area contributed by atoms with Gasteiger partial charge in [0.1, 0.15) is 0 Å². The van der Waals surface area contributed by atoms with Gasteiger partial charge in [-0.1, -0.05) is 20.8 Å². The van der Waals surface area contributed by atoms with Crippen LogP contribution in [0.25, 0.3) is 0 Å². The maximum atomic E-state index is 11.8. The highest BCUT2D eigenvalue weighted by atomic mass is 16.5. The zero-order valence-electron chi connectivity index (χ0n) is 10.2. The highest BCUT2D eigenvalue weighted by Gasteiger charge is 2.66. The molecule has 17 heavy (non-hydrogen) atoms. The predicted molar refractivity (Wildman–Crippen MR) is 56.8 cm³/mol. The topological polar surface area (TPSA) is 66.8 Å². The number of ether oxygens (including phenoxy) is 1. The highest BCUT2D eigenvalue weighted by molar-refractivity contribution is 6.05. The Morgan fingerprint density at radius 1 is 1.24 bits per heavy atom. The number of fused-ring (bicyclic) bond motifs is 5. The standard InChI is InChI=1S/C12H17NO4/c1-12(2,3)5-4-6-7-8(9(5)17-6)11(15)13(16)10(7)14/h5-9,16H,4H2,1-3H3. The Hall–Kier alpha value is -0.940. The molecule has 0 saturated carbocycles. The first kappa shape index (κ1) is 11.2. The van der Waals surface area contributed by atoms with Crippen molar-refractivity contribution in [1.29, 1.82) is 0 Å². The monoisotopic (exact) mass is 239 g/mol. The normalized spacial score (nSPS) is 44.7. The molecule has 0 spiro atoms. The summed E-state index contributed by atoms with van der Waals surface area (Å²) in [4.78, 5) is 23.6. The third kappa shape index (κ3) is 1.27. The second-order valence-corrected chi connectivity index (χ2v) is 6.39. The number of carbonyl (C=O) groups is 2. The average molecular weight is 239 g/mol. The van der Waals surface area contributed by atoms with Crippen molar-refractivity contribution in [1.82, 2.24) is 5.06 Å². The summed E-state index contributed by atoms with van der Waals surface area (Å²) in [6.45, 7) is 6.36. The number of amides is 2. The van der Waals surface area contributed by atoms with E-state index >= 15 is 0 Å². The van der Waals surface area contributed by atoms with E-state index in [0.717, 1.165) is 6.42 Å². The molecular formula is C12H17NO4. The Kier molecular flexibility index (Phi) is 2.03. The van der Waals surface area contributed by atoms with Gasteiger partial charge in [-0.15, -0.1) is 0 Å². The van der Waals surface area contributed by atoms with Gasteiger partial charge in [-0.25, -0.2) is 0 Å². The number of carbonyl (C=O) groups excluding carboxylic acids is 2. The molecule has 3 heterocycles. The zero-order valence-corrected chi connectivity index (χ0v) is 10.2. The summed E-state index contributed by atoms with van der Waals surface area (Å²) in [7, 11) is 0. The summed E-state index contributed by atoms with van der Waals surface area (Å²) in [6, 6.07) is 0. The van der Waals surface area contributed by atoms with Gasteiger partial charge in [0.2, 0.25) is 0 Å². The molecular weight excluding hydrogens is 222 g/mol. The van der Waals surface area contributed by atoms with Crippen LogP contribution in [0.1, 0.15) is 27.2 Å². The second kappa shape index (κ2) is 3.09. The van der Waals surface area contributed by atoms with Crippen LogP contribution >= 0.6 is 0 Å². The van der Waals surface area contributed by atoms with Crippen LogP contribution < -0.4 is 0 Å². The summed E-state index contributed by atoms with van der Waals surface area (Å²) in [5.41, 5.74) is 0.0522. The van der Waals surface area contributed by atoms with E-state index in [1.807, 2.05) is 0 Å². The van der Waals surface area contributed by atoms with Crippen molar-refractivity contribution in [3.63, 3.8) is 0 Å². The molecule has 0 aliphatic carbocycles. The third-order valence-electron chi connectivity index (χ3n) is 4.46. The van der Waals surface area contributed by atoms with Gasteiger partial charge in [-0.2, -0.15) is 5.06 Å². The molecule has 0 aromatic heterocycles. The minimum absolute atomic E-state index is 0.0522. The Labute approximate surface area is 99.7 Å². The minimum Gasteiger partial charge on any atom is -0.373 e. The van der Waals surface area contributed by atoms with Crippen molar-refractivity contribution in [2.24, 2.45) is 23.2 Å². The van der Waals surface area contributed by atoms with E-state index < -0.39 is 23.7 Å². The largest absolute Gasteiger partial charge is 0.373 e. The molecule has 3 aliphatic rings. The van der Waals surface area contributed by atoms with E-state index in [4.69, 9.17) is 4.74 Å². The molecule has 0 aromatic rings. The summed E-state index contributed by atoms with van der Waals surface area (Å²) in [5, 5.41) is 9.70. The fraction of sp³-hybridized carbons (Fsp3) is 0.833. The van der Waals surface area contributed by atoms with Gasteiger partial charge in [-0.3, -0.25) is 14.8 Å². The molecule has 5 heteroatoms. The van der Waals surface area contributed by atoms with Crippen LogP contribution in [-0.2, 0) is 14.3 Å². The van der Waals surface area contributed by atoms with E-state index in [1.165, 1.54) is 0 Å². The Bertz CT molecular complexity index is 400. The smallest absolute Gasteiger partial charge is 0.259 e. The first-order valence-corrected chi connectivity index (χ1v) is 6.04. The average Bonchev–Trinajstić information content (AvgIpc) is 2.86. The second-order valence-electron chi connectivity index (χ2n) is 6.39. The molecule has 5 nitrogen and oxygen atoms in total. The summed E-state index contributed by atoms with van der Waals surface area (Å²) in [6.07, 6.45) is 0.406. The van der Waals surface area contributed by atoms with Gasteiger partial charge in [0, 0.05) is 0 Å². The lowest BCUT2D eigenvalue weighted by Crippen LogP contribution is -2.40. The van der Waals surface area contributed by atoms with E-state index in [2.05, 4.69) is 20.8 Å². The first-order chi connectivity index (χ1) is 7.82. The Morgan fingerprint density at radius 3 is 2.41 bits per heavy atom. The van der Waals surface area contributed by atoms with Crippen molar-refractivity contribution in [3.05, 3.63) is 0 Å². The molecule has 0 aromatic carbocycles. The fourth-order valence-electron chi connectivity index (χ4n) is 3.58. The van der Waals surface area contributed by atoms with Crippen LogP contribution in [0, 0.1) is 23.2 Å². The lowest BCUT2D eigenvalue weighted by atomic mass is 9.66. The number of nitrogens with zero attached hydrogens (tertiary/aromatic N) is 1. The molecule has 3 rings (SSSR count). The van der Waals surface area contributed by atoms with Gasteiger partial charge in [0.05, 0.1) is 24.0 Å². The van der Waals surface area contributed by atoms with Gasteiger partial charge >= 0.3 is 0 Å². The third-order valence-corrected chi connectivity index (χ3v) is 4.46. The maximum absolute atomic E-state index is 11.8. The molecule has 5 atom stereocenters. The number of hydrogen-bond donors (Lipinski definition) is 1. The van der Waals surface area contributed by atoms with Crippen LogP contribution in [0.5, 0.6) is 0 Å². The van der Waals surface area contributed by atoms with Gasteiger partial charge in [-0.05, 0) is 17.8 Å². The SMILES string of the molecule is CC(C)(C)C1CC2OC1C1C(=O)N(O)C(=O)C21. The summed E-state index contributed by atoms with van der Waals surface area (Å²) in [5.74, 6) is -1.61. The Morgan fingerprint density at radius 2 is 1.82 bits per heavy atom. The van der Waals surface area contributed by atoms with Crippen LogP contribution in [0.3, 0.4) is 0 Å². The van der Waals surface area contributed by atoms with E-state index in [0.29, 0.717) is 5.06 Å². The van der Waals surface area contributed by atoms with E-state index in [9.17, 15) is 14.8 Å². The zero-order chi connectivity index (χ0) is 12.5.